The molecule has 0 aromatic heterocycles. The lowest BCUT2D eigenvalue weighted by molar-refractivity contribution is -0.139. The summed E-state index contributed by atoms with van der Waals surface area (Å²) < 4.78 is 11.6. The smallest absolute Gasteiger partial charge is 0.295 e. The number of ether oxygens (including phenoxy) is 2. The molecule has 170 valence electrons. The SMILES string of the molecule is CCCN1C(=O)C(=O)/C(=C(\O)c2ccc(OC(C)C)cc2)C1c1ccccc1OC(C)C. The van der Waals surface area contributed by atoms with E-state index in [4.69, 9.17) is 9.47 Å². The van der Waals surface area contributed by atoms with Gasteiger partial charge in [0.2, 0.25) is 0 Å². The molecule has 0 saturated carbocycles. The summed E-state index contributed by atoms with van der Waals surface area (Å²) in [5.41, 5.74) is 1.19. The van der Waals surface area contributed by atoms with Crippen LogP contribution in [-0.4, -0.2) is 40.4 Å². The van der Waals surface area contributed by atoms with E-state index >= 15 is 0 Å². The molecule has 0 bridgehead atoms. The minimum Gasteiger partial charge on any atom is -0.507 e. The third-order valence-electron chi connectivity index (χ3n) is 5.08. The number of aliphatic hydroxyl groups excluding tert-OH is 1. The molecule has 2 aromatic rings. The molecule has 1 atom stereocenters. The van der Waals surface area contributed by atoms with Gasteiger partial charge in [0.15, 0.2) is 0 Å². The number of benzene rings is 2. The maximum Gasteiger partial charge on any atom is 0.295 e. The highest BCUT2D eigenvalue weighted by atomic mass is 16.5. The Morgan fingerprint density at radius 3 is 2.19 bits per heavy atom. The summed E-state index contributed by atoms with van der Waals surface area (Å²) in [6, 6.07) is 13.5. The van der Waals surface area contributed by atoms with E-state index in [-0.39, 0.29) is 23.5 Å². The van der Waals surface area contributed by atoms with Gasteiger partial charge in [-0.05, 0) is 64.4 Å². The van der Waals surface area contributed by atoms with Gasteiger partial charge in [-0.15, -0.1) is 0 Å². The van der Waals surface area contributed by atoms with Crippen LogP contribution < -0.4 is 9.47 Å². The van der Waals surface area contributed by atoms with Crippen molar-refractivity contribution in [2.75, 3.05) is 6.54 Å². The lowest BCUT2D eigenvalue weighted by atomic mass is 9.94. The van der Waals surface area contributed by atoms with E-state index in [0.717, 1.165) is 0 Å². The summed E-state index contributed by atoms with van der Waals surface area (Å²) in [5, 5.41) is 11.2. The predicted molar refractivity (Wildman–Crippen MR) is 124 cm³/mol. The van der Waals surface area contributed by atoms with Crippen molar-refractivity contribution in [3.63, 3.8) is 0 Å². The Kier molecular flexibility index (Phi) is 7.23. The highest BCUT2D eigenvalue weighted by molar-refractivity contribution is 6.46. The fraction of sp³-hybridized carbons (Fsp3) is 0.385. The van der Waals surface area contributed by atoms with Crippen molar-refractivity contribution < 1.29 is 24.2 Å². The number of hydrogen-bond donors (Lipinski definition) is 1. The highest BCUT2D eigenvalue weighted by Crippen LogP contribution is 2.43. The molecule has 1 unspecified atom stereocenters. The second-order valence-electron chi connectivity index (χ2n) is 8.39. The summed E-state index contributed by atoms with van der Waals surface area (Å²) >= 11 is 0. The van der Waals surface area contributed by atoms with Gasteiger partial charge in [-0.25, -0.2) is 0 Å². The molecular weight excluding hydrogens is 406 g/mol. The average Bonchev–Trinajstić information content (AvgIpc) is 2.98. The zero-order valence-electron chi connectivity index (χ0n) is 19.3. The molecule has 1 N–H and O–H groups in total. The van der Waals surface area contributed by atoms with Crippen LogP contribution in [0.5, 0.6) is 11.5 Å². The van der Waals surface area contributed by atoms with Gasteiger partial charge in [-0.2, -0.15) is 0 Å². The van der Waals surface area contributed by atoms with Crippen LogP contribution in [-0.2, 0) is 9.59 Å². The van der Waals surface area contributed by atoms with Crippen molar-refractivity contribution in [3.05, 3.63) is 65.2 Å². The van der Waals surface area contributed by atoms with Gasteiger partial charge in [-0.3, -0.25) is 9.59 Å². The zero-order chi connectivity index (χ0) is 23.4. The van der Waals surface area contributed by atoms with E-state index in [1.807, 2.05) is 58.9 Å². The Hall–Kier alpha value is -3.28. The van der Waals surface area contributed by atoms with Crippen molar-refractivity contribution in [3.8, 4) is 11.5 Å². The Morgan fingerprint density at radius 2 is 1.59 bits per heavy atom. The molecule has 1 fully saturated rings. The Balaban J connectivity index is 2.14. The quantitative estimate of drug-likeness (QED) is 0.354. The first kappa shape index (κ1) is 23.4. The third kappa shape index (κ3) is 4.79. The van der Waals surface area contributed by atoms with E-state index < -0.39 is 17.7 Å². The molecule has 1 saturated heterocycles. The molecule has 2 aromatic carbocycles. The van der Waals surface area contributed by atoms with Crippen molar-refractivity contribution in [1.82, 2.24) is 4.90 Å². The maximum absolute atomic E-state index is 13.1. The normalized spacial score (nSPS) is 18.0. The summed E-state index contributed by atoms with van der Waals surface area (Å²) in [7, 11) is 0. The van der Waals surface area contributed by atoms with Crippen LogP contribution in [0.4, 0.5) is 0 Å². The topological polar surface area (TPSA) is 76.1 Å². The second-order valence-corrected chi connectivity index (χ2v) is 8.39. The molecule has 0 radical (unpaired) electrons. The summed E-state index contributed by atoms with van der Waals surface area (Å²) in [5.74, 6) is -0.264. The van der Waals surface area contributed by atoms with Crippen LogP contribution in [0.2, 0.25) is 0 Å². The molecule has 1 aliphatic heterocycles. The molecule has 3 rings (SSSR count). The molecule has 6 heteroatoms. The number of ketones is 1. The first-order chi connectivity index (χ1) is 15.2. The Bertz CT molecular complexity index is 1010. The van der Waals surface area contributed by atoms with Crippen LogP contribution >= 0.6 is 0 Å². The first-order valence-electron chi connectivity index (χ1n) is 11.1. The standard InChI is InChI=1S/C26H31NO5/c1-6-15-27-23(20-9-7-8-10-21(20)32-17(4)5)22(25(29)26(27)30)24(28)18-11-13-19(14-12-18)31-16(2)3/h7-14,16-17,23,28H,6,15H2,1-5H3/b24-22-. The van der Waals surface area contributed by atoms with Crippen LogP contribution in [0.25, 0.3) is 5.76 Å². The molecule has 0 spiro atoms. The second kappa shape index (κ2) is 9.90. The zero-order valence-corrected chi connectivity index (χ0v) is 19.3. The van der Waals surface area contributed by atoms with Gasteiger partial charge in [-0.1, -0.05) is 25.1 Å². The molecule has 0 aliphatic carbocycles. The minimum absolute atomic E-state index is 0.0197. The van der Waals surface area contributed by atoms with Crippen LogP contribution in [0.15, 0.2) is 54.1 Å². The fourth-order valence-electron chi connectivity index (χ4n) is 3.86. The Morgan fingerprint density at radius 1 is 0.969 bits per heavy atom. The number of rotatable bonds is 8. The van der Waals surface area contributed by atoms with Crippen molar-refractivity contribution in [2.24, 2.45) is 0 Å². The highest BCUT2D eigenvalue weighted by Gasteiger charge is 2.46. The fourth-order valence-corrected chi connectivity index (χ4v) is 3.86. The van der Waals surface area contributed by atoms with Gasteiger partial charge in [0.05, 0.1) is 23.8 Å². The summed E-state index contributed by atoms with van der Waals surface area (Å²) in [4.78, 5) is 27.5. The van der Waals surface area contributed by atoms with Gasteiger partial charge in [0.1, 0.15) is 17.3 Å². The van der Waals surface area contributed by atoms with Crippen molar-refractivity contribution >= 4 is 17.4 Å². The number of carbonyl (C=O) groups excluding carboxylic acids is 2. The molecule has 6 nitrogen and oxygen atoms in total. The van der Waals surface area contributed by atoms with Crippen LogP contribution in [0.1, 0.15) is 58.2 Å². The lowest BCUT2D eigenvalue weighted by Crippen LogP contribution is -2.30. The molecule has 1 amide bonds. The third-order valence-corrected chi connectivity index (χ3v) is 5.08. The molecular formula is C26H31NO5. The number of nitrogens with zero attached hydrogens (tertiary/aromatic N) is 1. The minimum atomic E-state index is -0.725. The number of Topliss-reactive ketones (excluding diaryl/α,β-unsaturated/α-hetero) is 1. The first-order valence-corrected chi connectivity index (χ1v) is 11.1. The van der Waals surface area contributed by atoms with E-state index in [1.165, 1.54) is 4.90 Å². The number of carbonyl (C=O) groups is 2. The van der Waals surface area contributed by atoms with Crippen LogP contribution in [0.3, 0.4) is 0 Å². The van der Waals surface area contributed by atoms with Crippen molar-refractivity contribution in [2.45, 2.75) is 59.3 Å². The molecule has 32 heavy (non-hydrogen) atoms. The summed E-state index contributed by atoms with van der Waals surface area (Å²) in [6.07, 6.45) is 0.613. The largest absolute Gasteiger partial charge is 0.507 e. The number of para-hydroxylation sites is 1. The van der Waals surface area contributed by atoms with Gasteiger partial charge in [0.25, 0.3) is 11.7 Å². The Labute approximate surface area is 189 Å². The van der Waals surface area contributed by atoms with E-state index in [9.17, 15) is 14.7 Å². The number of likely N-dealkylation sites (tertiary alicyclic amines) is 1. The maximum atomic E-state index is 13.1. The monoisotopic (exact) mass is 437 g/mol. The van der Waals surface area contributed by atoms with E-state index in [2.05, 4.69) is 0 Å². The number of hydrogen-bond acceptors (Lipinski definition) is 5. The summed E-state index contributed by atoms with van der Waals surface area (Å²) in [6.45, 7) is 10.0. The predicted octanol–water partition coefficient (Wildman–Crippen LogP) is 5.09. The van der Waals surface area contributed by atoms with Gasteiger partial charge in [0, 0.05) is 17.7 Å². The van der Waals surface area contributed by atoms with Gasteiger partial charge < -0.3 is 19.5 Å². The molecule has 1 aliphatic rings. The molecule has 1 heterocycles. The lowest BCUT2D eigenvalue weighted by Gasteiger charge is -2.27. The number of amides is 1. The van der Waals surface area contributed by atoms with Crippen LogP contribution in [0, 0.1) is 0 Å². The van der Waals surface area contributed by atoms with Gasteiger partial charge >= 0.3 is 0 Å². The average molecular weight is 438 g/mol. The van der Waals surface area contributed by atoms with E-state index in [1.54, 1.807) is 24.3 Å². The van der Waals surface area contributed by atoms with Crippen molar-refractivity contribution in [1.29, 1.82) is 0 Å². The number of aliphatic hydroxyl groups is 1. The van der Waals surface area contributed by atoms with E-state index in [0.29, 0.717) is 35.6 Å².